The van der Waals surface area contributed by atoms with Crippen molar-refractivity contribution in [3.63, 3.8) is 0 Å². The van der Waals surface area contributed by atoms with Crippen LogP contribution < -0.4 is 5.73 Å². The Kier molecular flexibility index (Phi) is 4.46. The van der Waals surface area contributed by atoms with E-state index in [-0.39, 0.29) is 11.0 Å². The van der Waals surface area contributed by atoms with E-state index in [9.17, 15) is 8.42 Å². The SMILES string of the molecule is Cc1cc(C(N)=S)ccc1S(=O)(=O)N1CCCCC1C. The summed E-state index contributed by atoms with van der Waals surface area (Å²) in [5.74, 6) is 0. The number of benzene rings is 1. The molecule has 20 heavy (non-hydrogen) atoms. The van der Waals surface area contributed by atoms with Crippen LogP contribution in [0.2, 0.25) is 0 Å². The molecule has 1 heterocycles. The smallest absolute Gasteiger partial charge is 0.243 e. The van der Waals surface area contributed by atoms with Gasteiger partial charge in [0.1, 0.15) is 4.99 Å². The van der Waals surface area contributed by atoms with Gasteiger partial charge in [-0.2, -0.15) is 4.31 Å². The molecule has 0 saturated carbocycles. The highest BCUT2D eigenvalue weighted by Gasteiger charge is 2.31. The first kappa shape index (κ1) is 15.4. The van der Waals surface area contributed by atoms with Crippen molar-refractivity contribution in [3.05, 3.63) is 29.3 Å². The Morgan fingerprint density at radius 2 is 2.10 bits per heavy atom. The monoisotopic (exact) mass is 312 g/mol. The predicted octanol–water partition coefficient (Wildman–Crippen LogP) is 2.19. The summed E-state index contributed by atoms with van der Waals surface area (Å²) in [6.45, 7) is 4.35. The third-order valence-corrected chi connectivity index (χ3v) is 6.20. The van der Waals surface area contributed by atoms with Gasteiger partial charge in [-0.25, -0.2) is 8.42 Å². The zero-order valence-electron chi connectivity index (χ0n) is 11.8. The molecule has 1 saturated heterocycles. The Morgan fingerprint density at radius 3 is 2.65 bits per heavy atom. The van der Waals surface area contributed by atoms with Crippen molar-refractivity contribution < 1.29 is 8.42 Å². The van der Waals surface area contributed by atoms with E-state index in [1.165, 1.54) is 0 Å². The molecule has 6 heteroatoms. The molecule has 1 unspecified atom stereocenters. The Labute approximate surface area is 126 Å². The first-order valence-electron chi connectivity index (χ1n) is 6.76. The predicted molar refractivity (Wildman–Crippen MR) is 84.3 cm³/mol. The summed E-state index contributed by atoms with van der Waals surface area (Å²) in [4.78, 5) is 0.634. The van der Waals surface area contributed by atoms with E-state index in [4.69, 9.17) is 18.0 Å². The van der Waals surface area contributed by atoms with E-state index in [2.05, 4.69) is 0 Å². The van der Waals surface area contributed by atoms with Gasteiger partial charge in [-0.15, -0.1) is 0 Å². The molecule has 110 valence electrons. The molecule has 0 amide bonds. The molecule has 0 aliphatic carbocycles. The normalized spacial score (nSPS) is 20.8. The highest BCUT2D eigenvalue weighted by molar-refractivity contribution is 7.89. The van der Waals surface area contributed by atoms with E-state index in [0.717, 1.165) is 19.3 Å². The quantitative estimate of drug-likeness (QED) is 0.869. The molecule has 1 fully saturated rings. The van der Waals surface area contributed by atoms with Crippen LogP contribution in [0.25, 0.3) is 0 Å². The molecule has 0 radical (unpaired) electrons. The summed E-state index contributed by atoms with van der Waals surface area (Å²) in [5.41, 5.74) is 6.96. The van der Waals surface area contributed by atoms with Crippen LogP contribution in [-0.2, 0) is 10.0 Å². The third kappa shape index (κ3) is 2.87. The standard InChI is InChI=1S/C14H20N2O2S2/c1-10-9-12(14(15)19)6-7-13(10)20(17,18)16-8-4-3-5-11(16)2/h6-7,9,11H,3-5,8H2,1-2H3,(H2,15,19). The fourth-order valence-corrected chi connectivity index (χ4v) is 4.68. The van der Waals surface area contributed by atoms with Crippen LogP contribution in [0, 0.1) is 6.92 Å². The lowest BCUT2D eigenvalue weighted by atomic mass is 10.1. The Hall–Kier alpha value is -0.980. The Morgan fingerprint density at radius 1 is 1.40 bits per heavy atom. The van der Waals surface area contributed by atoms with Crippen molar-refractivity contribution in [1.82, 2.24) is 4.31 Å². The maximum absolute atomic E-state index is 12.8. The molecule has 2 rings (SSSR count). The van der Waals surface area contributed by atoms with E-state index in [0.29, 0.717) is 22.6 Å². The summed E-state index contributed by atoms with van der Waals surface area (Å²) in [6.07, 6.45) is 2.93. The van der Waals surface area contributed by atoms with Gasteiger partial charge in [-0.3, -0.25) is 0 Å². The van der Waals surface area contributed by atoms with Crippen LogP contribution in [0.4, 0.5) is 0 Å². The summed E-state index contributed by atoms with van der Waals surface area (Å²) >= 11 is 4.92. The number of sulfonamides is 1. The van der Waals surface area contributed by atoms with Crippen molar-refractivity contribution >= 4 is 27.2 Å². The molecule has 0 aromatic heterocycles. The molecule has 1 aliphatic rings. The van der Waals surface area contributed by atoms with Crippen LogP contribution in [0.3, 0.4) is 0 Å². The van der Waals surface area contributed by atoms with Crippen molar-refractivity contribution in [2.45, 2.75) is 44.0 Å². The lowest BCUT2D eigenvalue weighted by Gasteiger charge is -2.32. The molecule has 2 N–H and O–H groups in total. The maximum atomic E-state index is 12.8. The van der Waals surface area contributed by atoms with E-state index >= 15 is 0 Å². The van der Waals surface area contributed by atoms with Crippen molar-refractivity contribution in [3.8, 4) is 0 Å². The third-order valence-electron chi connectivity index (χ3n) is 3.79. The fraction of sp³-hybridized carbons (Fsp3) is 0.500. The Bertz CT molecular complexity index is 626. The van der Waals surface area contributed by atoms with Crippen molar-refractivity contribution in [2.75, 3.05) is 6.54 Å². The number of nitrogens with zero attached hydrogens (tertiary/aromatic N) is 1. The lowest BCUT2D eigenvalue weighted by Crippen LogP contribution is -2.42. The molecule has 1 atom stereocenters. The molecule has 0 spiro atoms. The highest BCUT2D eigenvalue weighted by atomic mass is 32.2. The number of nitrogens with two attached hydrogens (primary N) is 1. The molecular formula is C14H20N2O2S2. The van der Waals surface area contributed by atoms with Gasteiger partial charge in [0.2, 0.25) is 10.0 Å². The van der Waals surface area contributed by atoms with Crippen molar-refractivity contribution in [1.29, 1.82) is 0 Å². The number of piperidine rings is 1. The minimum atomic E-state index is -3.44. The summed E-state index contributed by atoms with van der Waals surface area (Å²) in [6, 6.07) is 5.09. The molecule has 1 aromatic carbocycles. The van der Waals surface area contributed by atoms with Crippen LogP contribution in [-0.4, -0.2) is 30.3 Å². The number of thiocarbonyl (C=S) groups is 1. The number of rotatable bonds is 3. The minimum absolute atomic E-state index is 0.0587. The Balaban J connectivity index is 2.41. The van der Waals surface area contributed by atoms with Gasteiger partial charge in [-0.05, 0) is 44.4 Å². The zero-order valence-corrected chi connectivity index (χ0v) is 13.4. The van der Waals surface area contributed by atoms with E-state index in [1.807, 2.05) is 6.92 Å². The first-order valence-corrected chi connectivity index (χ1v) is 8.61. The van der Waals surface area contributed by atoms with Gasteiger partial charge < -0.3 is 5.73 Å². The first-order chi connectivity index (χ1) is 9.34. The van der Waals surface area contributed by atoms with Crippen molar-refractivity contribution in [2.24, 2.45) is 5.73 Å². The summed E-state index contributed by atoms with van der Waals surface area (Å²) in [5, 5.41) is 0. The molecule has 4 nitrogen and oxygen atoms in total. The number of hydrogen-bond donors (Lipinski definition) is 1. The van der Waals surface area contributed by atoms with Crippen LogP contribution >= 0.6 is 12.2 Å². The molecular weight excluding hydrogens is 292 g/mol. The van der Waals surface area contributed by atoms with Gasteiger partial charge in [0.25, 0.3) is 0 Å². The fourth-order valence-electron chi connectivity index (χ4n) is 2.65. The second-order valence-corrected chi connectivity index (χ2v) is 7.60. The van der Waals surface area contributed by atoms with Gasteiger partial charge in [0, 0.05) is 18.2 Å². The number of aryl methyl sites for hydroxylation is 1. The number of hydrogen-bond acceptors (Lipinski definition) is 3. The zero-order chi connectivity index (χ0) is 14.9. The van der Waals surface area contributed by atoms with E-state index in [1.54, 1.807) is 29.4 Å². The second-order valence-electron chi connectivity index (χ2n) is 5.31. The van der Waals surface area contributed by atoms with Gasteiger partial charge >= 0.3 is 0 Å². The van der Waals surface area contributed by atoms with E-state index < -0.39 is 10.0 Å². The summed E-state index contributed by atoms with van der Waals surface area (Å²) in [7, 11) is -3.44. The van der Waals surface area contributed by atoms with Crippen LogP contribution in [0.5, 0.6) is 0 Å². The lowest BCUT2D eigenvalue weighted by molar-refractivity contribution is 0.268. The van der Waals surface area contributed by atoms with Gasteiger partial charge in [0.05, 0.1) is 4.90 Å². The molecule has 0 bridgehead atoms. The topological polar surface area (TPSA) is 63.4 Å². The average Bonchev–Trinajstić information content (AvgIpc) is 2.38. The molecule has 1 aliphatic heterocycles. The van der Waals surface area contributed by atoms with Crippen LogP contribution in [0.15, 0.2) is 23.1 Å². The van der Waals surface area contributed by atoms with Crippen LogP contribution in [0.1, 0.15) is 37.3 Å². The highest BCUT2D eigenvalue weighted by Crippen LogP contribution is 2.27. The average molecular weight is 312 g/mol. The summed E-state index contributed by atoms with van der Waals surface area (Å²) < 4.78 is 27.1. The maximum Gasteiger partial charge on any atom is 0.243 e. The van der Waals surface area contributed by atoms with Gasteiger partial charge in [0.15, 0.2) is 0 Å². The molecule has 1 aromatic rings. The second kappa shape index (κ2) is 5.79. The minimum Gasteiger partial charge on any atom is -0.389 e. The van der Waals surface area contributed by atoms with Gasteiger partial charge in [-0.1, -0.05) is 24.7 Å². The largest absolute Gasteiger partial charge is 0.389 e.